The van der Waals surface area contributed by atoms with Crippen LogP contribution in [-0.4, -0.2) is 46.0 Å². The highest BCUT2D eigenvalue weighted by atomic mass is 32.2. The van der Waals surface area contributed by atoms with Gasteiger partial charge in [-0.15, -0.1) is 10.2 Å². The highest BCUT2D eigenvalue weighted by molar-refractivity contribution is 7.99. The van der Waals surface area contributed by atoms with Gasteiger partial charge in [0.1, 0.15) is 11.6 Å². The molecule has 31 heavy (non-hydrogen) atoms. The van der Waals surface area contributed by atoms with Gasteiger partial charge in [-0.05, 0) is 43.3 Å². The van der Waals surface area contributed by atoms with E-state index in [0.29, 0.717) is 22.4 Å². The van der Waals surface area contributed by atoms with Gasteiger partial charge in [0.25, 0.3) is 0 Å². The van der Waals surface area contributed by atoms with Gasteiger partial charge in [0.05, 0.1) is 25.0 Å². The highest BCUT2D eigenvalue weighted by Crippen LogP contribution is 2.30. The van der Waals surface area contributed by atoms with Gasteiger partial charge in [-0.2, -0.15) is 9.78 Å². The molecule has 0 amide bonds. The van der Waals surface area contributed by atoms with Crippen LogP contribution in [0.5, 0.6) is 5.75 Å². The van der Waals surface area contributed by atoms with Gasteiger partial charge in [-0.3, -0.25) is 0 Å². The molecule has 0 radical (unpaired) electrons. The predicted molar refractivity (Wildman–Crippen MR) is 117 cm³/mol. The van der Waals surface area contributed by atoms with Crippen molar-refractivity contribution in [2.75, 3.05) is 19.5 Å². The Hall–Kier alpha value is -3.46. The zero-order valence-corrected chi connectivity index (χ0v) is 17.7. The van der Waals surface area contributed by atoms with Gasteiger partial charge in [-0.25, -0.2) is 9.18 Å². The molecular formula is C22H19FN4O3S. The van der Waals surface area contributed by atoms with Crippen LogP contribution >= 0.6 is 11.8 Å². The Morgan fingerprint density at radius 3 is 2.68 bits per heavy atom. The molecule has 2 aromatic carbocycles. The Morgan fingerprint density at radius 2 is 1.97 bits per heavy atom. The number of halogens is 1. The summed E-state index contributed by atoms with van der Waals surface area (Å²) in [6.07, 6.45) is 1.47. The Kier molecular flexibility index (Phi) is 6.13. The molecule has 158 valence electrons. The zero-order valence-electron chi connectivity index (χ0n) is 16.9. The average Bonchev–Trinajstić information content (AvgIpc) is 3.22. The summed E-state index contributed by atoms with van der Waals surface area (Å²) < 4.78 is 26.2. The van der Waals surface area contributed by atoms with Crippen LogP contribution in [0, 0.1) is 5.82 Å². The van der Waals surface area contributed by atoms with Crippen LogP contribution in [0.1, 0.15) is 12.5 Å². The lowest BCUT2D eigenvalue weighted by atomic mass is 10.1. The van der Waals surface area contributed by atoms with Crippen molar-refractivity contribution in [1.82, 2.24) is 14.9 Å². The summed E-state index contributed by atoms with van der Waals surface area (Å²) in [5.74, 6) is 0.624. The number of hydrogen-bond acceptors (Lipinski definition) is 7. The molecule has 0 N–H and O–H groups in total. The smallest absolute Gasteiger partial charge is 0.340 e. The van der Waals surface area contributed by atoms with E-state index in [1.54, 1.807) is 36.9 Å². The summed E-state index contributed by atoms with van der Waals surface area (Å²) in [5, 5.41) is 13.7. The minimum Gasteiger partial charge on any atom is -0.497 e. The first-order valence-corrected chi connectivity index (χ1v) is 10.5. The van der Waals surface area contributed by atoms with Crippen molar-refractivity contribution in [3.63, 3.8) is 0 Å². The molecule has 4 rings (SSSR count). The van der Waals surface area contributed by atoms with Crippen molar-refractivity contribution in [3.8, 4) is 17.1 Å². The lowest BCUT2D eigenvalue weighted by Gasteiger charge is -2.16. The van der Waals surface area contributed by atoms with Gasteiger partial charge in [0.2, 0.25) is 5.16 Å². The molecule has 0 aliphatic carbocycles. The minimum absolute atomic E-state index is 0.194. The molecule has 1 aromatic heterocycles. The maximum absolute atomic E-state index is 14.2. The third-order valence-corrected chi connectivity index (χ3v) is 5.46. The number of methoxy groups -OCH3 is 1. The number of thioether (sulfide) groups is 1. The Morgan fingerprint density at radius 1 is 1.19 bits per heavy atom. The molecule has 0 saturated carbocycles. The molecule has 0 spiro atoms. The molecule has 0 atom stereocenters. The summed E-state index contributed by atoms with van der Waals surface area (Å²) in [6.45, 7) is 1.92. The van der Waals surface area contributed by atoms with E-state index in [0.717, 1.165) is 11.3 Å². The van der Waals surface area contributed by atoms with Crippen molar-refractivity contribution in [2.45, 2.75) is 12.1 Å². The fourth-order valence-corrected chi connectivity index (χ4v) is 3.82. The standard InChI is InChI=1S/C22H19FN4O3S/c1-3-30-21(28)17(12-15-6-4-5-7-18(15)23)19-13-31-22-25-24-20(27(22)26-19)14-8-10-16(29-2)11-9-14/h4-12H,3,13H2,1-2H3/b17-12-. The van der Waals surface area contributed by atoms with E-state index in [1.165, 1.54) is 23.9 Å². The molecule has 9 heteroatoms. The van der Waals surface area contributed by atoms with E-state index >= 15 is 0 Å². The Labute approximate surface area is 182 Å². The van der Waals surface area contributed by atoms with Crippen LogP contribution in [0.3, 0.4) is 0 Å². The molecule has 0 saturated heterocycles. The highest BCUT2D eigenvalue weighted by Gasteiger charge is 2.26. The van der Waals surface area contributed by atoms with Crippen molar-refractivity contribution in [3.05, 3.63) is 65.5 Å². The number of ether oxygens (including phenoxy) is 2. The van der Waals surface area contributed by atoms with Gasteiger partial charge < -0.3 is 9.47 Å². The molecule has 2 heterocycles. The normalized spacial score (nSPS) is 13.4. The number of carbonyl (C=O) groups is 1. The van der Waals surface area contributed by atoms with Gasteiger partial charge in [0, 0.05) is 16.9 Å². The first kappa shape index (κ1) is 20.8. The lowest BCUT2D eigenvalue weighted by Crippen LogP contribution is -2.22. The number of fused-ring (bicyclic) bond motifs is 1. The quantitative estimate of drug-likeness (QED) is 0.427. The largest absolute Gasteiger partial charge is 0.497 e. The number of hydrogen-bond donors (Lipinski definition) is 0. The Bertz CT molecular complexity index is 1170. The summed E-state index contributed by atoms with van der Waals surface area (Å²) in [6, 6.07) is 13.6. The molecule has 1 aliphatic rings. The van der Waals surface area contributed by atoms with E-state index in [2.05, 4.69) is 15.3 Å². The van der Waals surface area contributed by atoms with Crippen LogP contribution in [0.2, 0.25) is 0 Å². The fraction of sp³-hybridized carbons (Fsp3) is 0.182. The molecule has 0 unspecified atom stereocenters. The maximum atomic E-state index is 14.2. The van der Waals surface area contributed by atoms with Crippen molar-refractivity contribution in [1.29, 1.82) is 0 Å². The van der Waals surface area contributed by atoms with Gasteiger partial charge >= 0.3 is 5.97 Å². The summed E-state index contributed by atoms with van der Waals surface area (Å²) in [7, 11) is 1.60. The van der Waals surface area contributed by atoms with E-state index in [9.17, 15) is 9.18 Å². The molecule has 0 fully saturated rings. The number of nitrogens with zero attached hydrogens (tertiary/aromatic N) is 4. The van der Waals surface area contributed by atoms with E-state index < -0.39 is 11.8 Å². The predicted octanol–water partition coefficient (Wildman–Crippen LogP) is 4.05. The summed E-state index contributed by atoms with van der Waals surface area (Å²) in [4.78, 5) is 12.7. The average molecular weight is 438 g/mol. The number of carbonyl (C=O) groups excluding carboxylic acids is 1. The van der Waals surface area contributed by atoms with E-state index in [1.807, 2.05) is 24.3 Å². The van der Waals surface area contributed by atoms with E-state index in [-0.39, 0.29) is 17.7 Å². The first-order chi connectivity index (χ1) is 15.1. The SMILES string of the molecule is CCOC(=O)/C(=C\c1ccccc1F)C1=Nn2c(nnc2-c2ccc(OC)cc2)SC1. The number of benzene rings is 2. The lowest BCUT2D eigenvalue weighted by molar-refractivity contribution is -0.137. The van der Waals surface area contributed by atoms with Crippen LogP contribution in [0.25, 0.3) is 17.5 Å². The number of rotatable bonds is 6. The van der Waals surface area contributed by atoms with Crippen LogP contribution < -0.4 is 4.74 Å². The fourth-order valence-electron chi connectivity index (χ4n) is 3.00. The Balaban J connectivity index is 1.77. The number of esters is 1. The van der Waals surface area contributed by atoms with Gasteiger partial charge in [-0.1, -0.05) is 30.0 Å². The molecule has 7 nitrogen and oxygen atoms in total. The third kappa shape index (κ3) is 4.36. The minimum atomic E-state index is -0.562. The monoisotopic (exact) mass is 438 g/mol. The second-order valence-corrected chi connectivity index (χ2v) is 7.42. The topological polar surface area (TPSA) is 78.6 Å². The maximum Gasteiger partial charge on any atom is 0.340 e. The van der Waals surface area contributed by atoms with E-state index in [4.69, 9.17) is 9.47 Å². The molecule has 3 aromatic rings. The molecule has 0 bridgehead atoms. The summed E-state index contributed by atoms with van der Waals surface area (Å²) >= 11 is 1.39. The van der Waals surface area contributed by atoms with Crippen LogP contribution in [-0.2, 0) is 9.53 Å². The zero-order chi connectivity index (χ0) is 21.8. The summed E-state index contributed by atoms with van der Waals surface area (Å²) in [5.41, 5.74) is 1.72. The van der Waals surface area contributed by atoms with Crippen LogP contribution in [0.15, 0.2) is 64.4 Å². The second kappa shape index (κ2) is 9.13. The van der Waals surface area contributed by atoms with Crippen LogP contribution in [0.4, 0.5) is 4.39 Å². The van der Waals surface area contributed by atoms with Gasteiger partial charge in [0.15, 0.2) is 5.82 Å². The van der Waals surface area contributed by atoms with Crippen molar-refractivity contribution >= 4 is 29.5 Å². The van der Waals surface area contributed by atoms with Crippen molar-refractivity contribution < 1.29 is 18.7 Å². The molecular weight excluding hydrogens is 419 g/mol. The molecule has 1 aliphatic heterocycles. The third-order valence-electron chi connectivity index (χ3n) is 4.53. The number of aromatic nitrogens is 3. The second-order valence-electron chi connectivity index (χ2n) is 6.48. The van der Waals surface area contributed by atoms with Crippen molar-refractivity contribution in [2.24, 2.45) is 5.10 Å². The first-order valence-electron chi connectivity index (χ1n) is 9.55.